The number of hydrogen-bond acceptors (Lipinski definition) is 4. The molecule has 0 aliphatic carbocycles. The van der Waals surface area contributed by atoms with Crippen molar-refractivity contribution in [1.29, 1.82) is 0 Å². The number of hydrogen-bond donors (Lipinski definition) is 2. The third kappa shape index (κ3) is 2.98. The van der Waals surface area contributed by atoms with E-state index in [2.05, 4.69) is 4.98 Å². The fourth-order valence-electron chi connectivity index (χ4n) is 2.19. The minimum Gasteiger partial charge on any atom is -0.388 e. The number of halogens is 3. The smallest absolute Gasteiger partial charge is 0.388 e. The number of nitrogens with two attached hydrogens (primary N) is 1. The first kappa shape index (κ1) is 14.1. The van der Waals surface area contributed by atoms with Crippen LogP contribution in [0.3, 0.4) is 0 Å². The Morgan fingerprint density at radius 2 is 2.16 bits per heavy atom. The Morgan fingerprint density at radius 3 is 2.63 bits per heavy atom. The molecule has 4 nitrogen and oxygen atoms in total. The van der Waals surface area contributed by atoms with Crippen LogP contribution in [0.5, 0.6) is 0 Å². The number of β-amino-alcohol motifs (C(OH)–C–C–N with tert-alkyl or cyclic N) is 1. The van der Waals surface area contributed by atoms with E-state index >= 15 is 0 Å². The Kier molecular flexibility index (Phi) is 3.44. The van der Waals surface area contributed by atoms with Crippen LogP contribution in [0.1, 0.15) is 24.6 Å². The molecule has 1 unspecified atom stereocenters. The van der Waals surface area contributed by atoms with Crippen molar-refractivity contribution >= 4 is 5.82 Å². The van der Waals surface area contributed by atoms with Gasteiger partial charge in [-0.1, -0.05) is 6.07 Å². The zero-order valence-electron chi connectivity index (χ0n) is 10.5. The normalized spacial score (nSPS) is 24.0. The molecular weight excluding hydrogens is 259 g/mol. The second-order valence-electron chi connectivity index (χ2n) is 5.05. The average molecular weight is 275 g/mol. The zero-order valence-corrected chi connectivity index (χ0v) is 10.5. The summed E-state index contributed by atoms with van der Waals surface area (Å²) >= 11 is 0. The fourth-order valence-corrected chi connectivity index (χ4v) is 2.19. The molecule has 3 N–H and O–H groups in total. The lowest BCUT2D eigenvalue weighted by molar-refractivity contribution is -0.141. The molecule has 7 heteroatoms. The third-order valence-electron chi connectivity index (χ3n) is 3.22. The summed E-state index contributed by atoms with van der Waals surface area (Å²) in [6.45, 7) is 2.49. The molecule has 0 aromatic carbocycles. The third-order valence-corrected chi connectivity index (χ3v) is 3.22. The van der Waals surface area contributed by atoms with E-state index in [0.717, 1.165) is 6.07 Å². The standard InChI is InChI=1S/C12H16F3N3O/c1-11(19)4-5-18(7-11)10-8(6-16)2-3-9(17-10)12(13,14)15/h2-3,19H,4-7,16H2,1H3. The highest BCUT2D eigenvalue weighted by atomic mass is 19.4. The molecule has 1 aromatic heterocycles. The number of nitrogens with zero attached hydrogens (tertiary/aromatic N) is 2. The molecule has 0 radical (unpaired) electrons. The van der Waals surface area contributed by atoms with Gasteiger partial charge in [0, 0.05) is 25.2 Å². The molecule has 2 rings (SSSR count). The van der Waals surface area contributed by atoms with Crippen LogP contribution in [-0.2, 0) is 12.7 Å². The monoisotopic (exact) mass is 275 g/mol. The predicted octanol–water partition coefficient (Wildman–Crippen LogP) is 1.52. The fraction of sp³-hybridized carbons (Fsp3) is 0.583. The van der Waals surface area contributed by atoms with E-state index in [4.69, 9.17) is 5.73 Å². The van der Waals surface area contributed by atoms with Gasteiger partial charge in [-0.2, -0.15) is 13.2 Å². The van der Waals surface area contributed by atoms with E-state index in [1.807, 2.05) is 0 Å². The molecular formula is C12H16F3N3O. The number of alkyl halides is 3. The Bertz CT molecular complexity index is 474. The lowest BCUT2D eigenvalue weighted by atomic mass is 10.1. The van der Waals surface area contributed by atoms with Gasteiger partial charge in [-0.15, -0.1) is 0 Å². The highest BCUT2D eigenvalue weighted by molar-refractivity contribution is 5.49. The van der Waals surface area contributed by atoms with E-state index in [1.165, 1.54) is 6.07 Å². The van der Waals surface area contributed by atoms with Gasteiger partial charge in [0.1, 0.15) is 11.5 Å². The summed E-state index contributed by atoms with van der Waals surface area (Å²) in [6.07, 6.45) is -3.99. The van der Waals surface area contributed by atoms with Crippen LogP contribution in [-0.4, -0.2) is 28.8 Å². The van der Waals surface area contributed by atoms with Crippen molar-refractivity contribution in [3.63, 3.8) is 0 Å². The van der Waals surface area contributed by atoms with E-state index < -0.39 is 17.5 Å². The highest BCUT2D eigenvalue weighted by Crippen LogP contribution is 2.32. The Labute approximate surface area is 109 Å². The molecule has 1 aliphatic rings. The van der Waals surface area contributed by atoms with Crippen molar-refractivity contribution < 1.29 is 18.3 Å². The van der Waals surface area contributed by atoms with Gasteiger partial charge in [-0.3, -0.25) is 0 Å². The van der Waals surface area contributed by atoms with Gasteiger partial charge in [0.15, 0.2) is 0 Å². The molecule has 1 atom stereocenters. The highest BCUT2D eigenvalue weighted by Gasteiger charge is 2.36. The van der Waals surface area contributed by atoms with Crippen LogP contribution in [0.15, 0.2) is 12.1 Å². The molecule has 106 valence electrons. The van der Waals surface area contributed by atoms with Crippen molar-refractivity contribution in [2.75, 3.05) is 18.0 Å². The van der Waals surface area contributed by atoms with Gasteiger partial charge >= 0.3 is 6.18 Å². The van der Waals surface area contributed by atoms with E-state index in [9.17, 15) is 18.3 Å². The summed E-state index contributed by atoms with van der Waals surface area (Å²) in [6, 6.07) is 2.28. The quantitative estimate of drug-likeness (QED) is 0.859. The molecule has 0 bridgehead atoms. The van der Waals surface area contributed by atoms with E-state index in [1.54, 1.807) is 11.8 Å². The van der Waals surface area contributed by atoms with Crippen LogP contribution in [0.2, 0.25) is 0 Å². The van der Waals surface area contributed by atoms with Gasteiger partial charge < -0.3 is 15.7 Å². The molecule has 19 heavy (non-hydrogen) atoms. The number of aromatic nitrogens is 1. The van der Waals surface area contributed by atoms with Crippen molar-refractivity contribution in [3.05, 3.63) is 23.4 Å². The molecule has 0 saturated carbocycles. The summed E-state index contributed by atoms with van der Waals surface area (Å²) in [4.78, 5) is 5.32. The maximum Gasteiger partial charge on any atom is 0.433 e. The average Bonchev–Trinajstić information content (AvgIpc) is 2.67. The molecule has 1 fully saturated rings. The summed E-state index contributed by atoms with van der Waals surface area (Å²) < 4.78 is 38.0. The predicted molar refractivity (Wildman–Crippen MR) is 64.6 cm³/mol. The second kappa shape index (κ2) is 4.64. The summed E-state index contributed by atoms with van der Waals surface area (Å²) in [5.41, 5.74) is 4.24. The summed E-state index contributed by atoms with van der Waals surface area (Å²) in [5, 5.41) is 9.90. The Morgan fingerprint density at radius 1 is 1.47 bits per heavy atom. The van der Waals surface area contributed by atoms with Gasteiger partial charge in [-0.05, 0) is 19.4 Å². The van der Waals surface area contributed by atoms with Crippen LogP contribution in [0.4, 0.5) is 19.0 Å². The number of pyridine rings is 1. The van der Waals surface area contributed by atoms with E-state index in [-0.39, 0.29) is 18.9 Å². The van der Waals surface area contributed by atoms with Gasteiger partial charge in [0.2, 0.25) is 0 Å². The minimum absolute atomic E-state index is 0.110. The second-order valence-corrected chi connectivity index (χ2v) is 5.05. The molecule has 1 aromatic rings. The van der Waals surface area contributed by atoms with Crippen molar-refractivity contribution in [3.8, 4) is 0 Å². The first-order valence-corrected chi connectivity index (χ1v) is 5.97. The van der Waals surface area contributed by atoms with E-state index in [0.29, 0.717) is 18.5 Å². The van der Waals surface area contributed by atoms with Crippen LogP contribution < -0.4 is 10.6 Å². The van der Waals surface area contributed by atoms with Crippen molar-refractivity contribution in [1.82, 2.24) is 4.98 Å². The summed E-state index contributed by atoms with van der Waals surface area (Å²) in [7, 11) is 0. The Balaban J connectivity index is 2.38. The van der Waals surface area contributed by atoms with Gasteiger partial charge in [0.05, 0.1) is 5.60 Å². The topological polar surface area (TPSA) is 62.4 Å². The van der Waals surface area contributed by atoms with Crippen LogP contribution >= 0.6 is 0 Å². The lowest BCUT2D eigenvalue weighted by Gasteiger charge is -2.23. The Hall–Kier alpha value is -1.34. The molecule has 2 heterocycles. The molecule has 0 spiro atoms. The van der Waals surface area contributed by atoms with Crippen LogP contribution in [0, 0.1) is 0 Å². The molecule has 1 saturated heterocycles. The SMILES string of the molecule is CC1(O)CCN(c2nc(C(F)(F)F)ccc2CN)C1. The van der Waals surface area contributed by atoms with Crippen LogP contribution in [0.25, 0.3) is 0 Å². The van der Waals surface area contributed by atoms with Gasteiger partial charge in [0.25, 0.3) is 0 Å². The maximum absolute atomic E-state index is 12.7. The lowest BCUT2D eigenvalue weighted by Crippen LogP contribution is -2.31. The first-order chi connectivity index (χ1) is 8.73. The minimum atomic E-state index is -4.48. The zero-order chi connectivity index (χ0) is 14.3. The van der Waals surface area contributed by atoms with Crippen molar-refractivity contribution in [2.45, 2.75) is 31.7 Å². The first-order valence-electron chi connectivity index (χ1n) is 5.97. The summed E-state index contributed by atoms with van der Waals surface area (Å²) in [5.74, 6) is 0.218. The molecule has 0 amide bonds. The number of rotatable bonds is 2. The number of aliphatic hydroxyl groups is 1. The number of anilines is 1. The maximum atomic E-state index is 12.7. The van der Waals surface area contributed by atoms with Gasteiger partial charge in [-0.25, -0.2) is 4.98 Å². The van der Waals surface area contributed by atoms with Crippen molar-refractivity contribution in [2.24, 2.45) is 5.73 Å². The largest absolute Gasteiger partial charge is 0.433 e. The molecule has 1 aliphatic heterocycles.